The number of hydrogen-bond acceptors (Lipinski definition) is 5. The predicted molar refractivity (Wildman–Crippen MR) is 174 cm³/mol. The number of aromatic nitrogens is 1. The molecule has 1 heterocycles. The lowest BCUT2D eigenvalue weighted by Crippen LogP contribution is -2.30. The van der Waals surface area contributed by atoms with Gasteiger partial charge in [-0.15, -0.1) is 0 Å². The maximum atomic E-state index is 13.1. The molecule has 0 bridgehead atoms. The average molecular weight is 589 g/mol. The van der Waals surface area contributed by atoms with Crippen molar-refractivity contribution < 1.29 is 13.2 Å². The van der Waals surface area contributed by atoms with Crippen LogP contribution in [0.4, 0.5) is 5.69 Å². The van der Waals surface area contributed by atoms with Crippen LogP contribution in [0, 0.1) is 13.8 Å². The minimum Gasteiger partial charge on any atom is -0.398 e. The Kier molecular flexibility index (Phi) is 10.1. The number of aryl methyl sites for hydroxylation is 3. The molecule has 42 heavy (non-hydrogen) atoms. The van der Waals surface area contributed by atoms with E-state index in [-0.39, 0.29) is 10.8 Å². The van der Waals surface area contributed by atoms with Gasteiger partial charge in [-0.05, 0) is 126 Å². The maximum Gasteiger partial charge on any atom is 0.253 e. The van der Waals surface area contributed by atoms with E-state index in [1.807, 2.05) is 43.0 Å². The number of hydrogen-bond donors (Lipinski definition) is 3. The molecule has 3 aromatic carbocycles. The average Bonchev–Trinajstić information content (AvgIpc) is 3.30. The third kappa shape index (κ3) is 7.41. The number of nitrogen functional groups attached to an aromatic ring is 1. The Balaban J connectivity index is 1.46. The second kappa shape index (κ2) is 13.6. The second-order valence-corrected chi connectivity index (χ2v) is 13.2. The zero-order valence-corrected chi connectivity index (χ0v) is 26.3. The molecule has 1 amide bonds. The van der Waals surface area contributed by atoms with Crippen LogP contribution in [0.5, 0.6) is 0 Å². The van der Waals surface area contributed by atoms with E-state index in [1.165, 1.54) is 22.9 Å². The van der Waals surface area contributed by atoms with Crippen molar-refractivity contribution in [1.29, 1.82) is 0 Å². The van der Waals surface area contributed by atoms with Gasteiger partial charge in [0.05, 0.1) is 4.90 Å². The highest BCUT2D eigenvalue weighted by Crippen LogP contribution is 2.33. The number of rotatable bonds is 13. The molecule has 4 rings (SSSR count). The van der Waals surface area contributed by atoms with Crippen LogP contribution in [0.3, 0.4) is 0 Å². The van der Waals surface area contributed by atoms with E-state index >= 15 is 0 Å². The van der Waals surface area contributed by atoms with Gasteiger partial charge in [-0.25, -0.2) is 8.42 Å². The zero-order valence-electron chi connectivity index (χ0n) is 25.5. The molecule has 0 unspecified atom stereocenters. The predicted octanol–water partition coefficient (Wildman–Crippen LogP) is 6.07. The van der Waals surface area contributed by atoms with Crippen LogP contribution in [0.15, 0.2) is 59.5 Å². The molecule has 0 aliphatic heterocycles. The summed E-state index contributed by atoms with van der Waals surface area (Å²) < 4.78 is 23.5. The monoisotopic (exact) mass is 588 g/mol. The Morgan fingerprint density at radius 3 is 2.26 bits per heavy atom. The number of fused-ring (bicyclic) bond motifs is 1. The van der Waals surface area contributed by atoms with E-state index in [2.05, 4.69) is 42.3 Å². The minimum atomic E-state index is -3.26. The number of sulfone groups is 1. The lowest BCUT2D eigenvalue weighted by molar-refractivity contribution is 0.0773. The van der Waals surface area contributed by atoms with E-state index in [9.17, 15) is 13.2 Å². The number of nitrogens with one attached hydrogen (secondary N) is 2. The number of carbonyl (C=O) groups excluding carboxylic acids is 1. The molecule has 4 N–H and O–H groups in total. The van der Waals surface area contributed by atoms with Crippen LogP contribution in [-0.4, -0.2) is 56.6 Å². The fraction of sp³-hybridized carbons (Fsp3) is 0.382. The minimum absolute atomic E-state index is 0.0618. The molecular formula is C34H44N4O3S. The number of H-pyrrole nitrogens is 1. The highest BCUT2D eigenvalue weighted by atomic mass is 32.2. The van der Waals surface area contributed by atoms with Crippen molar-refractivity contribution in [1.82, 2.24) is 15.2 Å². The van der Waals surface area contributed by atoms with Crippen molar-refractivity contribution in [3.05, 3.63) is 82.4 Å². The lowest BCUT2D eigenvalue weighted by Gasteiger charge is -2.18. The number of aromatic amines is 1. The van der Waals surface area contributed by atoms with Gasteiger partial charge in [0.1, 0.15) is 0 Å². The van der Waals surface area contributed by atoms with Gasteiger partial charge in [0.25, 0.3) is 5.91 Å². The SMILES string of the molecule is CCN(CC)C(=O)c1ccc2[nH]c(-c3cc(C)cc(C)c3)c(CCNCCCCc3ccc(S(C)(=O)=O)cc3N)c2c1. The van der Waals surface area contributed by atoms with E-state index in [4.69, 9.17) is 5.73 Å². The third-order valence-corrected chi connectivity index (χ3v) is 8.97. The first-order chi connectivity index (χ1) is 20.0. The summed E-state index contributed by atoms with van der Waals surface area (Å²) in [6.45, 7) is 11.3. The van der Waals surface area contributed by atoms with Gasteiger partial charge in [-0.3, -0.25) is 4.79 Å². The van der Waals surface area contributed by atoms with E-state index in [0.29, 0.717) is 18.8 Å². The smallest absolute Gasteiger partial charge is 0.253 e. The van der Waals surface area contributed by atoms with Crippen LogP contribution in [0.25, 0.3) is 22.2 Å². The summed E-state index contributed by atoms with van der Waals surface area (Å²) in [5.74, 6) is 0.0618. The topological polar surface area (TPSA) is 108 Å². The quantitative estimate of drug-likeness (QED) is 0.130. The lowest BCUT2D eigenvalue weighted by atomic mass is 9.98. The zero-order chi connectivity index (χ0) is 30.4. The van der Waals surface area contributed by atoms with Crippen molar-refractivity contribution in [2.75, 3.05) is 38.2 Å². The Morgan fingerprint density at radius 2 is 1.62 bits per heavy atom. The third-order valence-electron chi connectivity index (χ3n) is 7.86. The summed E-state index contributed by atoms with van der Waals surface area (Å²) >= 11 is 0. The first-order valence-electron chi connectivity index (χ1n) is 14.8. The summed E-state index contributed by atoms with van der Waals surface area (Å²) in [5.41, 5.74) is 15.3. The van der Waals surface area contributed by atoms with Gasteiger partial charge in [0.2, 0.25) is 0 Å². The molecule has 0 aliphatic carbocycles. The van der Waals surface area contributed by atoms with Crippen LogP contribution in [0.2, 0.25) is 0 Å². The summed E-state index contributed by atoms with van der Waals surface area (Å²) in [7, 11) is -3.26. The van der Waals surface area contributed by atoms with Crippen LogP contribution in [0.1, 0.15) is 59.3 Å². The molecule has 0 spiro atoms. The highest BCUT2D eigenvalue weighted by molar-refractivity contribution is 7.90. The summed E-state index contributed by atoms with van der Waals surface area (Å²) in [4.78, 5) is 18.9. The van der Waals surface area contributed by atoms with Crippen LogP contribution < -0.4 is 11.1 Å². The molecule has 0 saturated heterocycles. The Hall–Kier alpha value is -3.62. The van der Waals surface area contributed by atoms with Gasteiger partial charge in [-0.2, -0.15) is 0 Å². The van der Waals surface area contributed by atoms with Crippen molar-refractivity contribution in [3.63, 3.8) is 0 Å². The molecule has 7 nitrogen and oxygen atoms in total. The first-order valence-corrected chi connectivity index (χ1v) is 16.7. The molecule has 0 aliphatic rings. The molecule has 0 fully saturated rings. The fourth-order valence-electron chi connectivity index (χ4n) is 5.63. The number of unbranched alkanes of at least 4 members (excludes halogenated alkanes) is 1. The first kappa shape index (κ1) is 31.3. The second-order valence-electron chi connectivity index (χ2n) is 11.2. The number of anilines is 1. The van der Waals surface area contributed by atoms with E-state index in [0.717, 1.165) is 72.1 Å². The number of amides is 1. The van der Waals surface area contributed by atoms with E-state index < -0.39 is 9.84 Å². The van der Waals surface area contributed by atoms with Crippen LogP contribution >= 0.6 is 0 Å². The molecule has 0 radical (unpaired) electrons. The van der Waals surface area contributed by atoms with Gasteiger partial charge < -0.3 is 20.9 Å². The van der Waals surface area contributed by atoms with Gasteiger partial charge in [0, 0.05) is 47.2 Å². The molecule has 1 aromatic heterocycles. The highest BCUT2D eigenvalue weighted by Gasteiger charge is 2.18. The summed E-state index contributed by atoms with van der Waals surface area (Å²) in [6.07, 6.45) is 4.76. The molecule has 8 heteroatoms. The number of nitrogens with two attached hydrogens (primary N) is 1. The molecule has 0 atom stereocenters. The van der Waals surface area contributed by atoms with Crippen LogP contribution in [-0.2, 0) is 22.7 Å². The van der Waals surface area contributed by atoms with Crippen molar-refractivity contribution in [2.45, 2.75) is 58.3 Å². The molecular weight excluding hydrogens is 544 g/mol. The molecule has 4 aromatic rings. The summed E-state index contributed by atoms with van der Waals surface area (Å²) in [6, 6.07) is 17.6. The normalized spacial score (nSPS) is 11.7. The Morgan fingerprint density at radius 1 is 0.905 bits per heavy atom. The van der Waals surface area contributed by atoms with Gasteiger partial charge in [0.15, 0.2) is 9.84 Å². The number of benzene rings is 3. The number of carbonyl (C=O) groups is 1. The van der Waals surface area contributed by atoms with Gasteiger partial charge in [-0.1, -0.05) is 23.3 Å². The standard InChI is InChI=1S/C34H44N4O3S/c1-6-38(7-2)34(39)26-12-14-32-30(21-26)29(33(37-32)27-19-23(3)18-24(4)20-27)15-17-36-16-9-8-10-25-11-13-28(22-31(25)35)42(5,40)41/h11-14,18-22,36-37H,6-10,15-17,35H2,1-5H3. The Labute approximate surface area is 250 Å². The van der Waals surface area contributed by atoms with E-state index in [1.54, 1.807) is 12.1 Å². The fourth-order valence-corrected chi connectivity index (χ4v) is 6.29. The number of nitrogens with zero attached hydrogens (tertiary/aromatic N) is 1. The largest absolute Gasteiger partial charge is 0.398 e. The van der Waals surface area contributed by atoms with Crippen molar-refractivity contribution in [3.8, 4) is 11.3 Å². The molecule has 224 valence electrons. The van der Waals surface area contributed by atoms with Crippen molar-refractivity contribution >= 4 is 32.3 Å². The Bertz CT molecular complexity index is 1650. The van der Waals surface area contributed by atoms with Gasteiger partial charge >= 0.3 is 0 Å². The molecule has 0 saturated carbocycles. The summed E-state index contributed by atoms with van der Waals surface area (Å²) in [5, 5.41) is 4.69. The van der Waals surface area contributed by atoms with Crippen molar-refractivity contribution in [2.24, 2.45) is 0 Å². The maximum absolute atomic E-state index is 13.1.